The predicted molar refractivity (Wildman–Crippen MR) is 80.7 cm³/mol. The van der Waals surface area contributed by atoms with Gasteiger partial charge in [0.25, 0.3) is 5.91 Å². The van der Waals surface area contributed by atoms with Crippen LogP contribution in [0.15, 0.2) is 30.3 Å². The Labute approximate surface area is 119 Å². The Bertz CT molecular complexity index is 650. The van der Waals surface area contributed by atoms with Crippen molar-refractivity contribution in [2.45, 2.75) is 27.3 Å². The molecule has 0 saturated heterocycles. The van der Waals surface area contributed by atoms with Gasteiger partial charge in [-0.3, -0.25) is 9.78 Å². The molecule has 20 heavy (non-hydrogen) atoms. The van der Waals surface area contributed by atoms with Crippen molar-refractivity contribution in [3.05, 3.63) is 58.4 Å². The number of nitrogens with one attached hydrogen (secondary N) is 1. The zero-order chi connectivity index (χ0) is 14.7. The van der Waals surface area contributed by atoms with Gasteiger partial charge in [0.05, 0.1) is 11.3 Å². The number of pyridine rings is 1. The molecule has 0 spiro atoms. The Morgan fingerprint density at radius 1 is 1.20 bits per heavy atom. The number of aromatic nitrogens is 1. The van der Waals surface area contributed by atoms with E-state index < -0.39 is 0 Å². The molecule has 4 nitrogen and oxygen atoms in total. The van der Waals surface area contributed by atoms with E-state index in [-0.39, 0.29) is 5.91 Å². The maximum absolute atomic E-state index is 12.3. The van der Waals surface area contributed by atoms with E-state index in [0.29, 0.717) is 12.1 Å². The minimum absolute atomic E-state index is 0.146. The quantitative estimate of drug-likeness (QED) is 0.900. The first-order valence-corrected chi connectivity index (χ1v) is 6.56. The van der Waals surface area contributed by atoms with Crippen LogP contribution in [0, 0.1) is 20.8 Å². The van der Waals surface area contributed by atoms with E-state index in [1.165, 1.54) is 0 Å². The minimum Gasteiger partial charge on any atom is -0.326 e. The first-order chi connectivity index (χ1) is 9.51. The number of benzene rings is 1. The van der Waals surface area contributed by atoms with Gasteiger partial charge in [-0.05, 0) is 50.1 Å². The highest BCUT2D eigenvalue weighted by Gasteiger charge is 2.11. The average molecular weight is 269 g/mol. The molecule has 0 saturated carbocycles. The highest BCUT2D eigenvalue weighted by atomic mass is 16.1. The highest BCUT2D eigenvalue weighted by Crippen LogP contribution is 2.18. The monoisotopic (exact) mass is 269 g/mol. The Hall–Kier alpha value is -2.20. The van der Waals surface area contributed by atoms with Gasteiger partial charge in [0.2, 0.25) is 0 Å². The molecule has 0 unspecified atom stereocenters. The largest absolute Gasteiger partial charge is 0.326 e. The molecular formula is C16H19N3O. The molecule has 1 aromatic carbocycles. The van der Waals surface area contributed by atoms with Crippen molar-refractivity contribution in [2.24, 2.45) is 5.73 Å². The van der Waals surface area contributed by atoms with Gasteiger partial charge >= 0.3 is 0 Å². The Morgan fingerprint density at radius 3 is 2.60 bits per heavy atom. The topological polar surface area (TPSA) is 68.0 Å². The number of rotatable bonds is 3. The molecule has 104 valence electrons. The van der Waals surface area contributed by atoms with Crippen LogP contribution in [-0.4, -0.2) is 10.9 Å². The van der Waals surface area contributed by atoms with Gasteiger partial charge in [-0.1, -0.05) is 12.1 Å². The SMILES string of the molecule is Cc1ccc(C(=O)Nc2cc(CN)ccc2C)c(C)n1. The first kappa shape index (κ1) is 14.2. The summed E-state index contributed by atoms with van der Waals surface area (Å²) < 4.78 is 0. The second kappa shape index (κ2) is 5.84. The van der Waals surface area contributed by atoms with Gasteiger partial charge in [-0.2, -0.15) is 0 Å². The lowest BCUT2D eigenvalue weighted by Gasteiger charge is -2.11. The van der Waals surface area contributed by atoms with Crippen LogP contribution >= 0.6 is 0 Å². The minimum atomic E-state index is -0.146. The Kier molecular flexibility index (Phi) is 4.15. The smallest absolute Gasteiger partial charge is 0.257 e. The zero-order valence-corrected chi connectivity index (χ0v) is 12.0. The van der Waals surface area contributed by atoms with Crippen LogP contribution in [0.3, 0.4) is 0 Å². The summed E-state index contributed by atoms with van der Waals surface area (Å²) in [7, 11) is 0. The standard InChI is InChI=1S/C16H19N3O/c1-10-4-6-13(9-17)8-15(10)19-16(20)14-7-5-11(2)18-12(14)3/h4-8H,9,17H2,1-3H3,(H,19,20). The lowest BCUT2D eigenvalue weighted by atomic mass is 10.1. The van der Waals surface area contributed by atoms with E-state index in [9.17, 15) is 4.79 Å². The molecule has 2 rings (SSSR count). The van der Waals surface area contributed by atoms with Crippen LogP contribution in [0.1, 0.15) is 32.9 Å². The zero-order valence-electron chi connectivity index (χ0n) is 12.0. The number of nitrogens with two attached hydrogens (primary N) is 1. The fourth-order valence-electron chi connectivity index (χ4n) is 2.05. The van der Waals surface area contributed by atoms with Gasteiger partial charge in [0, 0.05) is 17.9 Å². The normalized spacial score (nSPS) is 10.4. The lowest BCUT2D eigenvalue weighted by Crippen LogP contribution is -2.15. The maximum atomic E-state index is 12.3. The lowest BCUT2D eigenvalue weighted by molar-refractivity contribution is 0.102. The number of hydrogen-bond acceptors (Lipinski definition) is 3. The fraction of sp³-hybridized carbons (Fsp3) is 0.250. The third-order valence-electron chi connectivity index (χ3n) is 3.26. The summed E-state index contributed by atoms with van der Waals surface area (Å²) in [6.07, 6.45) is 0. The number of carbonyl (C=O) groups is 1. The number of nitrogens with zero attached hydrogens (tertiary/aromatic N) is 1. The van der Waals surface area contributed by atoms with Crippen molar-refractivity contribution in [1.29, 1.82) is 0 Å². The van der Waals surface area contributed by atoms with Crippen molar-refractivity contribution < 1.29 is 4.79 Å². The van der Waals surface area contributed by atoms with E-state index in [1.54, 1.807) is 6.07 Å². The van der Waals surface area contributed by atoms with Gasteiger partial charge < -0.3 is 11.1 Å². The van der Waals surface area contributed by atoms with Gasteiger partial charge in [0.1, 0.15) is 0 Å². The highest BCUT2D eigenvalue weighted by molar-refractivity contribution is 6.05. The molecule has 1 aromatic heterocycles. The average Bonchev–Trinajstić information content (AvgIpc) is 2.41. The van der Waals surface area contributed by atoms with Crippen LogP contribution in [-0.2, 0) is 6.54 Å². The van der Waals surface area contributed by atoms with Gasteiger partial charge in [-0.25, -0.2) is 0 Å². The fourth-order valence-corrected chi connectivity index (χ4v) is 2.05. The van der Waals surface area contributed by atoms with Crippen LogP contribution < -0.4 is 11.1 Å². The van der Waals surface area contributed by atoms with E-state index in [0.717, 1.165) is 28.2 Å². The Balaban J connectivity index is 2.27. The number of anilines is 1. The number of aryl methyl sites for hydroxylation is 3. The molecule has 2 aromatic rings. The molecule has 0 aliphatic carbocycles. The van der Waals surface area contributed by atoms with Gasteiger partial charge in [-0.15, -0.1) is 0 Å². The molecule has 0 atom stereocenters. The van der Waals surface area contributed by atoms with E-state index in [2.05, 4.69) is 10.3 Å². The predicted octanol–water partition coefficient (Wildman–Crippen LogP) is 2.72. The number of amides is 1. The summed E-state index contributed by atoms with van der Waals surface area (Å²) in [5.74, 6) is -0.146. The summed E-state index contributed by atoms with van der Waals surface area (Å²) >= 11 is 0. The first-order valence-electron chi connectivity index (χ1n) is 6.56. The number of hydrogen-bond donors (Lipinski definition) is 2. The van der Waals surface area contributed by atoms with Gasteiger partial charge in [0.15, 0.2) is 0 Å². The van der Waals surface area contributed by atoms with E-state index in [1.807, 2.05) is 45.0 Å². The van der Waals surface area contributed by atoms with Crippen molar-refractivity contribution in [3.8, 4) is 0 Å². The molecule has 3 N–H and O–H groups in total. The van der Waals surface area contributed by atoms with Crippen molar-refractivity contribution >= 4 is 11.6 Å². The molecule has 0 bridgehead atoms. The molecule has 0 radical (unpaired) electrons. The van der Waals surface area contributed by atoms with Crippen molar-refractivity contribution in [1.82, 2.24) is 4.98 Å². The van der Waals surface area contributed by atoms with Crippen LogP contribution in [0.25, 0.3) is 0 Å². The van der Waals surface area contributed by atoms with Crippen LogP contribution in [0.2, 0.25) is 0 Å². The summed E-state index contributed by atoms with van der Waals surface area (Å²) in [5.41, 5.74) is 10.6. The molecule has 4 heteroatoms. The number of carbonyl (C=O) groups excluding carboxylic acids is 1. The summed E-state index contributed by atoms with van der Waals surface area (Å²) in [6.45, 7) is 6.15. The van der Waals surface area contributed by atoms with E-state index in [4.69, 9.17) is 5.73 Å². The molecule has 0 fully saturated rings. The molecule has 1 amide bonds. The molecule has 0 aliphatic heterocycles. The third-order valence-corrected chi connectivity index (χ3v) is 3.26. The molecular weight excluding hydrogens is 250 g/mol. The third kappa shape index (κ3) is 3.03. The second-order valence-electron chi connectivity index (χ2n) is 4.89. The molecule has 0 aliphatic rings. The Morgan fingerprint density at radius 2 is 1.95 bits per heavy atom. The second-order valence-corrected chi connectivity index (χ2v) is 4.89. The summed E-state index contributed by atoms with van der Waals surface area (Å²) in [6, 6.07) is 9.46. The van der Waals surface area contributed by atoms with E-state index >= 15 is 0 Å². The van der Waals surface area contributed by atoms with Crippen molar-refractivity contribution in [3.63, 3.8) is 0 Å². The summed E-state index contributed by atoms with van der Waals surface area (Å²) in [4.78, 5) is 16.6. The van der Waals surface area contributed by atoms with Crippen molar-refractivity contribution in [2.75, 3.05) is 5.32 Å². The molecule has 1 heterocycles. The van der Waals surface area contributed by atoms with Crippen LogP contribution in [0.5, 0.6) is 0 Å². The maximum Gasteiger partial charge on any atom is 0.257 e. The van der Waals surface area contributed by atoms with Crippen LogP contribution in [0.4, 0.5) is 5.69 Å². The summed E-state index contributed by atoms with van der Waals surface area (Å²) in [5, 5.41) is 2.93.